The Morgan fingerprint density at radius 3 is 2.45 bits per heavy atom. The van der Waals surface area contributed by atoms with Crippen molar-refractivity contribution in [3.63, 3.8) is 0 Å². The van der Waals surface area contributed by atoms with Gasteiger partial charge in [-0.1, -0.05) is 6.07 Å². The molecule has 0 saturated carbocycles. The number of imidazole rings is 1. The lowest BCUT2D eigenvalue weighted by molar-refractivity contribution is -0.111. The number of hydrogen-bond acceptors (Lipinski definition) is 5. The van der Waals surface area contributed by atoms with E-state index in [9.17, 15) is 4.79 Å². The van der Waals surface area contributed by atoms with Gasteiger partial charge in [0.05, 0.1) is 32.7 Å². The molecule has 2 heterocycles. The summed E-state index contributed by atoms with van der Waals surface area (Å²) in [6.07, 6.45) is 7.10. The highest BCUT2D eigenvalue weighted by atomic mass is 16.5. The van der Waals surface area contributed by atoms with Crippen molar-refractivity contribution < 1.29 is 19.0 Å². The molecule has 0 aliphatic heterocycles. The summed E-state index contributed by atoms with van der Waals surface area (Å²) in [5.41, 5.74) is 5.05. The number of carbonyl (C=O) groups is 1. The average molecular weight is 444 g/mol. The van der Waals surface area contributed by atoms with Gasteiger partial charge in [0.25, 0.3) is 0 Å². The summed E-state index contributed by atoms with van der Waals surface area (Å²) in [6.45, 7) is 2.03. The third-order valence-electron chi connectivity index (χ3n) is 5.20. The molecule has 0 aliphatic carbocycles. The number of rotatable bonds is 7. The van der Waals surface area contributed by atoms with Gasteiger partial charge in [-0.3, -0.25) is 4.79 Å². The standard InChI is InChI=1S/C26H25N3O4/c1-17-11-12-29-16-21(27-25(29)13-17)19-7-9-22(31-2)20(15-19)28-26(30)10-6-18-5-8-23(32-3)24(14-18)33-4/h5-16H,1-4H3,(H,28,30)/b10-6+. The molecule has 0 aliphatic rings. The van der Waals surface area contributed by atoms with Gasteiger partial charge in [-0.05, 0) is 66.6 Å². The summed E-state index contributed by atoms with van der Waals surface area (Å²) < 4.78 is 18.0. The van der Waals surface area contributed by atoms with Crippen molar-refractivity contribution in [3.05, 3.63) is 78.1 Å². The van der Waals surface area contributed by atoms with Gasteiger partial charge in [-0.25, -0.2) is 4.98 Å². The number of aromatic nitrogens is 2. The molecule has 33 heavy (non-hydrogen) atoms. The highest BCUT2D eigenvalue weighted by molar-refractivity contribution is 6.03. The highest BCUT2D eigenvalue weighted by Gasteiger charge is 2.11. The molecule has 4 rings (SSSR count). The first-order valence-electron chi connectivity index (χ1n) is 10.4. The van der Waals surface area contributed by atoms with Crippen LogP contribution in [0.4, 0.5) is 5.69 Å². The average Bonchev–Trinajstić information content (AvgIpc) is 3.25. The van der Waals surface area contributed by atoms with E-state index in [0.717, 1.165) is 28.0 Å². The molecule has 0 spiro atoms. The van der Waals surface area contributed by atoms with E-state index in [-0.39, 0.29) is 5.91 Å². The Kier molecular flexibility index (Phi) is 6.31. The van der Waals surface area contributed by atoms with E-state index in [4.69, 9.17) is 19.2 Å². The zero-order valence-corrected chi connectivity index (χ0v) is 19.0. The SMILES string of the molecule is COc1ccc(-c2cn3ccc(C)cc3n2)cc1NC(=O)/C=C/c1ccc(OC)c(OC)c1. The predicted octanol–water partition coefficient (Wildman–Crippen LogP) is 4.99. The van der Waals surface area contributed by atoms with Crippen LogP contribution >= 0.6 is 0 Å². The molecule has 7 nitrogen and oxygen atoms in total. The second-order valence-corrected chi connectivity index (χ2v) is 7.45. The Hall–Kier alpha value is -4.26. The summed E-state index contributed by atoms with van der Waals surface area (Å²) in [7, 11) is 4.72. The molecule has 0 atom stereocenters. The topological polar surface area (TPSA) is 74.1 Å². The van der Waals surface area contributed by atoms with Crippen molar-refractivity contribution in [2.24, 2.45) is 0 Å². The van der Waals surface area contributed by atoms with Gasteiger partial charge in [0.15, 0.2) is 11.5 Å². The van der Waals surface area contributed by atoms with Crippen LogP contribution in [0.25, 0.3) is 23.0 Å². The second-order valence-electron chi connectivity index (χ2n) is 7.45. The highest BCUT2D eigenvalue weighted by Crippen LogP contribution is 2.31. The van der Waals surface area contributed by atoms with E-state index in [1.54, 1.807) is 39.5 Å². The number of amides is 1. The fraction of sp³-hybridized carbons (Fsp3) is 0.154. The predicted molar refractivity (Wildman–Crippen MR) is 129 cm³/mol. The molecule has 1 amide bonds. The number of methoxy groups -OCH3 is 3. The summed E-state index contributed by atoms with van der Waals surface area (Å²) in [5.74, 6) is 1.50. The number of aryl methyl sites for hydroxylation is 1. The first-order valence-corrected chi connectivity index (χ1v) is 10.4. The molecule has 168 valence electrons. The van der Waals surface area contributed by atoms with Crippen molar-refractivity contribution in [1.29, 1.82) is 0 Å². The number of nitrogens with zero attached hydrogens (tertiary/aromatic N) is 2. The monoisotopic (exact) mass is 443 g/mol. The van der Waals surface area contributed by atoms with Crippen molar-refractivity contribution in [2.45, 2.75) is 6.92 Å². The Balaban J connectivity index is 1.56. The lowest BCUT2D eigenvalue weighted by Gasteiger charge is -2.10. The lowest BCUT2D eigenvalue weighted by Crippen LogP contribution is -2.09. The first-order chi connectivity index (χ1) is 16.0. The molecule has 0 radical (unpaired) electrons. The Labute approximate surface area is 192 Å². The lowest BCUT2D eigenvalue weighted by atomic mass is 10.1. The maximum atomic E-state index is 12.6. The van der Waals surface area contributed by atoms with E-state index in [1.165, 1.54) is 6.08 Å². The molecule has 0 bridgehead atoms. The quantitative estimate of drug-likeness (QED) is 0.408. The van der Waals surface area contributed by atoms with Crippen molar-refractivity contribution in [2.75, 3.05) is 26.6 Å². The number of pyridine rings is 1. The number of hydrogen-bond donors (Lipinski definition) is 1. The van der Waals surface area contributed by atoms with E-state index >= 15 is 0 Å². The van der Waals surface area contributed by atoms with Crippen LogP contribution < -0.4 is 19.5 Å². The van der Waals surface area contributed by atoms with Gasteiger partial charge in [0.1, 0.15) is 11.4 Å². The van der Waals surface area contributed by atoms with Gasteiger partial charge >= 0.3 is 0 Å². The van der Waals surface area contributed by atoms with Crippen LogP contribution in [0.2, 0.25) is 0 Å². The molecule has 0 fully saturated rings. The number of carbonyl (C=O) groups excluding carboxylic acids is 1. The third-order valence-corrected chi connectivity index (χ3v) is 5.20. The van der Waals surface area contributed by atoms with Gasteiger partial charge in [-0.2, -0.15) is 0 Å². The van der Waals surface area contributed by atoms with Crippen LogP contribution in [-0.4, -0.2) is 36.6 Å². The summed E-state index contributed by atoms with van der Waals surface area (Å²) >= 11 is 0. The minimum atomic E-state index is -0.286. The van der Waals surface area contributed by atoms with Crippen LogP contribution in [0.3, 0.4) is 0 Å². The van der Waals surface area contributed by atoms with Crippen molar-refractivity contribution in [1.82, 2.24) is 9.38 Å². The first kappa shape index (κ1) is 22.0. The van der Waals surface area contributed by atoms with Gasteiger partial charge in [0, 0.05) is 24.0 Å². The normalized spacial score (nSPS) is 11.0. The van der Waals surface area contributed by atoms with Crippen LogP contribution in [0.1, 0.15) is 11.1 Å². The largest absolute Gasteiger partial charge is 0.495 e. The van der Waals surface area contributed by atoms with Gasteiger partial charge < -0.3 is 23.9 Å². The number of nitrogens with one attached hydrogen (secondary N) is 1. The maximum Gasteiger partial charge on any atom is 0.248 e. The Morgan fingerprint density at radius 1 is 0.939 bits per heavy atom. The smallest absolute Gasteiger partial charge is 0.248 e. The van der Waals surface area contributed by atoms with Gasteiger partial charge in [-0.15, -0.1) is 0 Å². The molecular weight excluding hydrogens is 418 g/mol. The van der Waals surface area contributed by atoms with Crippen LogP contribution in [0, 0.1) is 6.92 Å². The van der Waals surface area contributed by atoms with Crippen LogP contribution in [0.5, 0.6) is 17.2 Å². The number of ether oxygens (including phenoxy) is 3. The van der Waals surface area contributed by atoms with E-state index < -0.39 is 0 Å². The summed E-state index contributed by atoms with van der Waals surface area (Å²) in [5, 5.41) is 2.89. The molecule has 0 saturated heterocycles. The molecule has 2 aromatic carbocycles. The van der Waals surface area contributed by atoms with Gasteiger partial charge in [0.2, 0.25) is 5.91 Å². The van der Waals surface area contributed by atoms with E-state index in [1.807, 2.05) is 60.1 Å². The Bertz CT molecular complexity index is 1340. The van der Waals surface area contributed by atoms with Crippen molar-refractivity contribution >= 4 is 23.3 Å². The fourth-order valence-electron chi connectivity index (χ4n) is 3.49. The third kappa shape index (κ3) is 4.82. The molecule has 1 N–H and O–H groups in total. The second kappa shape index (κ2) is 9.48. The molecule has 7 heteroatoms. The Morgan fingerprint density at radius 2 is 1.70 bits per heavy atom. The maximum absolute atomic E-state index is 12.6. The molecular formula is C26H25N3O4. The zero-order chi connectivity index (χ0) is 23.4. The molecule has 0 unspecified atom stereocenters. The molecule has 2 aromatic heterocycles. The minimum Gasteiger partial charge on any atom is -0.495 e. The number of benzene rings is 2. The number of fused-ring (bicyclic) bond motifs is 1. The number of anilines is 1. The summed E-state index contributed by atoms with van der Waals surface area (Å²) in [6, 6.07) is 15.1. The van der Waals surface area contributed by atoms with E-state index in [2.05, 4.69) is 5.32 Å². The minimum absolute atomic E-state index is 0.286. The summed E-state index contributed by atoms with van der Waals surface area (Å²) in [4.78, 5) is 17.3. The van der Waals surface area contributed by atoms with Crippen LogP contribution in [0.15, 0.2) is 67.0 Å². The molecule has 4 aromatic rings. The van der Waals surface area contributed by atoms with Crippen LogP contribution in [-0.2, 0) is 4.79 Å². The van der Waals surface area contributed by atoms with Crippen molar-refractivity contribution in [3.8, 4) is 28.5 Å². The zero-order valence-electron chi connectivity index (χ0n) is 19.0. The fourth-order valence-corrected chi connectivity index (χ4v) is 3.49. The van der Waals surface area contributed by atoms with E-state index in [0.29, 0.717) is 22.9 Å².